The van der Waals surface area contributed by atoms with Crippen LogP contribution in [0.25, 0.3) is 0 Å². The Labute approximate surface area is 91.1 Å². The minimum absolute atomic E-state index is 0.294. The van der Waals surface area contributed by atoms with E-state index < -0.39 is 0 Å². The van der Waals surface area contributed by atoms with Gasteiger partial charge in [0.1, 0.15) is 0 Å². The standard InChI is InChI=1S/C12H17N3/c1-3-12(4-6-13)15-9-11-5-7-14-8-10(11)2/h5,7-8,12,15H,3-4,9H2,1-2H3. The predicted octanol–water partition coefficient (Wildman–Crippen LogP) is 2.17. The van der Waals surface area contributed by atoms with Gasteiger partial charge in [0.05, 0.1) is 12.5 Å². The van der Waals surface area contributed by atoms with Gasteiger partial charge >= 0.3 is 0 Å². The van der Waals surface area contributed by atoms with Crippen molar-refractivity contribution >= 4 is 0 Å². The maximum absolute atomic E-state index is 8.62. The SMILES string of the molecule is CCC(CC#N)NCc1ccncc1C. The average Bonchev–Trinajstić information content (AvgIpc) is 2.26. The molecule has 0 amide bonds. The van der Waals surface area contributed by atoms with Gasteiger partial charge in [-0.1, -0.05) is 6.92 Å². The van der Waals surface area contributed by atoms with Gasteiger partial charge in [-0.25, -0.2) is 0 Å². The van der Waals surface area contributed by atoms with Crippen LogP contribution in [0.15, 0.2) is 18.5 Å². The summed E-state index contributed by atoms with van der Waals surface area (Å²) in [5.41, 5.74) is 2.44. The van der Waals surface area contributed by atoms with Crippen LogP contribution < -0.4 is 5.32 Å². The topological polar surface area (TPSA) is 48.7 Å². The van der Waals surface area contributed by atoms with Crippen molar-refractivity contribution in [1.29, 1.82) is 5.26 Å². The van der Waals surface area contributed by atoms with E-state index >= 15 is 0 Å². The second-order valence-electron chi connectivity index (χ2n) is 3.65. The molecule has 0 spiro atoms. The van der Waals surface area contributed by atoms with Gasteiger partial charge in [0.15, 0.2) is 0 Å². The van der Waals surface area contributed by atoms with E-state index in [0.29, 0.717) is 12.5 Å². The molecule has 1 rings (SSSR count). The molecule has 3 heteroatoms. The molecule has 0 saturated heterocycles. The Morgan fingerprint density at radius 2 is 2.40 bits per heavy atom. The second kappa shape index (κ2) is 6.15. The third-order valence-corrected chi connectivity index (χ3v) is 2.55. The van der Waals surface area contributed by atoms with E-state index in [9.17, 15) is 0 Å². The smallest absolute Gasteiger partial charge is 0.0638 e. The number of hydrogen-bond donors (Lipinski definition) is 1. The fraction of sp³-hybridized carbons (Fsp3) is 0.500. The Balaban J connectivity index is 2.49. The lowest BCUT2D eigenvalue weighted by Gasteiger charge is -2.14. The van der Waals surface area contributed by atoms with Crippen LogP contribution in [0.5, 0.6) is 0 Å². The molecule has 0 radical (unpaired) electrons. The first kappa shape index (κ1) is 11.7. The summed E-state index contributed by atoms with van der Waals surface area (Å²) in [6.07, 6.45) is 5.22. The molecule has 0 saturated carbocycles. The Morgan fingerprint density at radius 1 is 1.60 bits per heavy atom. The number of nitrogens with one attached hydrogen (secondary N) is 1. The van der Waals surface area contributed by atoms with Gasteiger partial charge in [0, 0.05) is 25.0 Å². The van der Waals surface area contributed by atoms with Crippen LogP contribution in [0.3, 0.4) is 0 Å². The van der Waals surface area contributed by atoms with Gasteiger partial charge < -0.3 is 5.32 Å². The van der Waals surface area contributed by atoms with Crippen LogP contribution in [0.1, 0.15) is 30.9 Å². The minimum Gasteiger partial charge on any atom is -0.309 e. The molecule has 1 atom stereocenters. The third-order valence-electron chi connectivity index (χ3n) is 2.55. The van der Waals surface area contributed by atoms with Gasteiger partial charge in [-0.05, 0) is 30.5 Å². The highest BCUT2D eigenvalue weighted by molar-refractivity contribution is 5.21. The van der Waals surface area contributed by atoms with Crippen molar-refractivity contribution in [3.8, 4) is 6.07 Å². The number of rotatable bonds is 5. The first-order valence-corrected chi connectivity index (χ1v) is 5.27. The van der Waals surface area contributed by atoms with Crippen LogP contribution in [-0.4, -0.2) is 11.0 Å². The Morgan fingerprint density at radius 3 is 3.00 bits per heavy atom. The lowest BCUT2D eigenvalue weighted by Crippen LogP contribution is -2.27. The molecular weight excluding hydrogens is 186 g/mol. The highest BCUT2D eigenvalue weighted by atomic mass is 14.9. The zero-order chi connectivity index (χ0) is 11.1. The third kappa shape index (κ3) is 3.69. The number of nitrogens with zero attached hydrogens (tertiary/aromatic N) is 2. The van der Waals surface area contributed by atoms with E-state index in [0.717, 1.165) is 13.0 Å². The number of hydrogen-bond acceptors (Lipinski definition) is 3. The first-order chi connectivity index (χ1) is 7.27. The molecule has 80 valence electrons. The highest BCUT2D eigenvalue weighted by Gasteiger charge is 2.05. The van der Waals surface area contributed by atoms with Crippen molar-refractivity contribution in [2.45, 2.75) is 39.3 Å². The molecule has 1 aromatic rings. The van der Waals surface area contributed by atoms with Crippen LogP contribution in [-0.2, 0) is 6.54 Å². The van der Waals surface area contributed by atoms with E-state index in [4.69, 9.17) is 5.26 Å². The molecule has 0 fully saturated rings. The summed E-state index contributed by atoms with van der Waals surface area (Å²) in [4.78, 5) is 4.05. The van der Waals surface area contributed by atoms with Crippen molar-refractivity contribution < 1.29 is 0 Å². The zero-order valence-electron chi connectivity index (χ0n) is 9.33. The molecule has 0 bridgehead atoms. The summed E-state index contributed by atoms with van der Waals surface area (Å²) in [5, 5.41) is 12.0. The molecule has 0 aliphatic carbocycles. The largest absolute Gasteiger partial charge is 0.309 e. The normalized spacial score (nSPS) is 12.1. The number of pyridine rings is 1. The van der Waals surface area contributed by atoms with Crippen molar-refractivity contribution in [2.24, 2.45) is 0 Å². The van der Waals surface area contributed by atoms with Gasteiger partial charge in [-0.15, -0.1) is 0 Å². The van der Waals surface area contributed by atoms with Crippen LogP contribution >= 0.6 is 0 Å². The average molecular weight is 203 g/mol. The van der Waals surface area contributed by atoms with Gasteiger partial charge in [0.25, 0.3) is 0 Å². The summed E-state index contributed by atoms with van der Waals surface area (Å²) < 4.78 is 0. The monoisotopic (exact) mass is 203 g/mol. The molecule has 1 N–H and O–H groups in total. The Hall–Kier alpha value is -1.40. The summed E-state index contributed by atoms with van der Waals surface area (Å²) in [5.74, 6) is 0. The zero-order valence-corrected chi connectivity index (χ0v) is 9.33. The maximum Gasteiger partial charge on any atom is 0.0638 e. The molecule has 0 aliphatic rings. The highest BCUT2D eigenvalue weighted by Crippen LogP contribution is 2.06. The van der Waals surface area contributed by atoms with E-state index in [-0.39, 0.29) is 0 Å². The Kier molecular flexibility index (Phi) is 4.79. The van der Waals surface area contributed by atoms with E-state index in [1.807, 2.05) is 12.3 Å². The molecular formula is C12H17N3. The minimum atomic E-state index is 0.294. The van der Waals surface area contributed by atoms with E-state index in [1.165, 1.54) is 11.1 Å². The quantitative estimate of drug-likeness (QED) is 0.797. The predicted molar refractivity (Wildman–Crippen MR) is 60.1 cm³/mol. The van der Waals surface area contributed by atoms with Crippen molar-refractivity contribution in [1.82, 2.24) is 10.3 Å². The summed E-state index contributed by atoms with van der Waals surface area (Å²) >= 11 is 0. The summed E-state index contributed by atoms with van der Waals surface area (Å²) in [6.45, 7) is 4.96. The van der Waals surface area contributed by atoms with Crippen LogP contribution in [0.2, 0.25) is 0 Å². The molecule has 1 aromatic heterocycles. The molecule has 15 heavy (non-hydrogen) atoms. The molecule has 0 aliphatic heterocycles. The van der Waals surface area contributed by atoms with E-state index in [2.05, 4.69) is 30.2 Å². The second-order valence-corrected chi connectivity index (χ2v) is 3.65. The lowest BCUT2D eigenvalue weighted by molar-refractivity contribution is 0.504. The number of nitriles is 1. The van der Waals surface area contributed by atoms with Gasteiger partial charge in [-0.2, -0.15) is 5.26 Å². The fourth-order valence-corrected chi connectivity index (χ4v) is 1.43. The first-order valence-electron chi connectivity index (χ1n) is 5.27. The summed E-state index contributed by atoms with van der Waals surface area (Å²) in [7, 11) is 0. The molecule has 3 nitrogen and oxygen atoms in total. The van der Waals surface area contributed by atoms with Crippen molar-refractivity contribution in [3.05, 3.63) is 29.6 Å². The Bertz CT molecular complexity index is 341. The van der Waals surface area contributed by atoms with E-state index in [1.54, 1.807) is 6.20 Å². The molecule has 1 unspecified atom stereocenters. The maximum atomic E-state index is 8.62. The van der Waals surface area contributed by atoms with Gasteiger partial charge in [0.2, 0.25) is 0 Å². The molecule has 1 heterocycles. The lowest BCUT2D eigenvalue weighted by atomic mass is 10.1. The van der Waals surface area contributed by atoms with Gasteiger partial charge in [-0.3, -0.25) is 4.98 Å². The molecule has 0 aromatic carbocycles. The number of aryl methyl sites for hydroxylation is 1. The number of aromatic nitrogens is 1. The van der Waals surface area contributed by atoms with Crippen molar-refractivity contribution in [2.75, 3.05) is 0 Å². The van der Waals surface area contributed by atoms with Crippen molar-refractivity contribution in [3.63, 3.8) is 0 Å². The fourth-order valence-electron chi connectivity index (χ4n) is 1.43. The van der Waals surface area contributed by atoms with Crippen LogP contribution in [0, 0.1) is 18.3 Å². The van der Waals surface area contributed by atoms with Crippen LogP contribution in [0.4, 0.5) is 0 Å². The summed E-state index contributed by atoms with van der Waals surface area (Å²) in [6, 6.07) is 4.50.